The van der Waals surface area contributed by atoms with Crippen LogP contribution in [0.2, 0.25) is 18.1 Å². The van der Waals surface area contributed by atoms with Crippen LogP contribution in [-0.4, -0.2) is 41.2 Å². The standard InChI is InChI=1S/C28H44O5Si/c1-26(2,3)34(6,7)33-19-28-18-27(28)15-14-24(23(27)16-21(28)10-13-25(29)31-5)32-17-20-8-11-22(30-4)12-9-20/h8-9,11-12,21,23-24H,10,13-19H2,1-7H3/t21-,23-,24+,27-,28-/m1/s1. The molecule has 1 aromatic carbocycles. The van der Waals surface area contributed by atoms with Crippen LogP contribution in [0, 0.1) is 22.7 Å². The van der Waals surface area contributed by atoms with Gasteiger partial charge in [0.2, 0.25) is 0 Å². The number of ether oxygens (including phenoxy) is 3. The van der Waals surface area contributed by atoms with Crippen LogP contribution < -0.4 is 4.74 Å². The summed E-state index contributed by atoms with van der Waals surface area (Å²) in [6, 6.07) is 8.17. The van der Waals surface area contributed by atoms with E-state index in [2.05, 4.69) is 46.0 Å². The molecule has 190 valence electrons. The molecule has 1 aromatic rings. The van der Waals surface area contributed by atoms with Crippen molar-refractivity contribution in [1.29, 1.82) is 0 Å². The lowest BCUT2D eigenvalue weighted by Crippen LogP contribution is -2.43. The Balaban J connectivity index is 1.46. The van der Waals surface area contributed by atoms with Gasteiger partial charge >= 0.3 is 5.97 Å². The average Bonchev–Trinajstić information content (AvgIpc) is 3.20. The summed E-state index contributed by atoms with van der Waals surface area (Å²) >= 11 is 0. The van der Waals surface area contributed by atoms with Gasteiger partial charge in [-0.05, 0) is 85.2 Å². The van der Waals surface area contributed by atoms with Crippen molar-refractivity contribution in [3.63, 3.8) is 0 Å². The fourth-order valence-electron chi connectivity index (χ4n) is 6.71. The van der Waals surface area contributed by atoms with Crippen molar-refractivity contribution in [3.05, 3.63) is 29.8 Å². The molecule has 0 bridgehead atoms. The van der Waals surface area contributed by atoms with Crippen LogP contribution in [0.3, 0.4) is 0 Å². The molecule has 4 rings (SSSR count). The second-order valence-electron chi connectivity index (χ2n) is 12.4. The van der Waals surface area contributed by atoms with Crippen molar-refractivity contribution < 1.29 is 23.4 Å². The van der Waals surface area contributed by atoms with Crippen molar-refractivity contribution >= 4 is 14.3 Å². The predicted molar refractivity (Wildman–Crippen MR) is 136 cm³/mol. The summed E-state index contributed by atoms with van der Waals surface area (Å²) in [6.45, 7) is 13.1. The molecule has 34 heavy (non-hydrogen) atoms. The summed E-state index contributed by atoms with van der Waals surface area (Å²) < 4.78 is 23.6. The average molecular weight is 489 g/mol. The molecule has 0 aliphatic heterocycles. The van der Waals surface area contributed by atoms with Gasteiger partial charge in [-0.3, -0.25) is 4.79 Å². The number of rotatable bonds is 10. The van der Waals surface area contributed by atoms with Crippen LogP contribution in [0.1, 0.15) is 64.9 Å². The summed E-state index contributed by atoms with van der Waals surface area (Å²) in [7, 11) is 1.34. The third-order valence-corrected chi connectivity index (χ3v) is 14.4. The smallest absolute Gasteiger partial charge is 0.305 e. The van der Waals surface area contributed by atoms with Gasteiger partial charge < -0.3 is 18.6 Å². The van der Waals surface area contributed by atoms with Gasteiger partial charge in [-0.15, -0.1) is 0 Å². The molecule has 0 saturated heterocycles. The first-order valence-corrected chi connectivity index (χ1v) is 15.8. The largest absolute Gasteiger partial charge is 0.497 e. The van der Waals surface area contributed by atoms with Crippen LogP contribution in [0.15, 0.2) is 24.3 Å². The van der Waals surface area contributed by atoms with E-state index in [-0.39, 0.29) is 16.4 Å². The molecule has 5 atom stereocenters. The van der Waals surface area contributed by atoms with Gasteiger partial charge in [-0.25, -0.2) is 0 Å². The number of methoxy groups -OCH3 is 2. The molecule has 3 aliphatic carbocycles. The molecule has 1 spiro atoms. The minimum absolute atomic E-state index is 0.0977. The van der Waals surface area contributed by atoms with Crippen LogP contribution in [0.25, 0.3) is 0 Å². The Labute approximate surface area is 207 Å². The normalized spacial score (nSPS) is 32.3. The fourth-order valence-corrected chi connectivity index (χ4v) is 7.76. The zero-order valence-corrected chi connectivity index (χ0v) is 23.2. The highest BCUT2D eigenvalue weighted by Gasteiger charge is 2.79. The quantitative estimate of drug-likeness (QED) is 0.283. The van der Waals surface area contributed by atoms with Gasteiger partial charge in [0, 0.05) is 18.4 Å². The monoisotopic (exact) mass is 488 g/mol. The Morgan fingerprint density at radius 1 is 1.15 bits per heavy atom. The second kappa shape index (κ2) is 9.25. The van der Waals surface area contributed by atoms with Crippen molar-refractivity contribution in [3.8, 4) is 5.75 Å². The summed E-state index contributed by atoms with van der Waals surface area (Å²) in [4.78, 5) is 12.0. The van der Waals surface area contributed by atoms with Crippen LogP contribution in [0.5, 0.6) is 5.75 Å². The van der Waals surface area contributed by atoms with E-state index in [1.165, 1.54) is 25.5 Å². The number of carbonyl (C=O) groups excluding carboxylic acids is 1. The SMILES string of the molecule is COC(=O)CC[C@@H]1C[C@@H]2[C@@H](OCc3ccc(OC)cc3)CC[C@@]23C[C@@]13CO[Si](C)(C)C(C)(C)C. The Bertz CT molecular complexity index is 876. The van der Waals surface area contributed by atoms with Gasteiger partial charge in [-0.2, -0.15) is 0 Å². The Morgan fingerprint density at radius 2 is 1.85 bits per heavy atom. The number of hydrogen-bond acceptors (Lipinski definition) is 5. The molecule has 0 radical (unpaired) electrons. The number of hydrogen-bond donors (Lipinski definition) is 0. The number of carbonyl (C=O) groups is 1. The predicted octanol–water partition coefficient (Wildman–Crippen LogP) is 6.36. The second-order valence-corrected chi connectivity index (χ2v) is 17.2. The molecule has 0 amide bonds. The van der Waals surface area contributed by atoms with E-state index >= 15 is 0 Å². The third-order valence-electron chi connectivity index (χ3n) is 9.90. The molecule has 0 unspecified atom stereocenters. The van der Waals surface area contributed by atoms with E-state index in [1.54, 1.807) is 7.11 Å². The Morgan fingerprint density at radius 3 is 2.47 bits per heavy atom. The highest BCUT2D eigenvalue weighted by molar-refractivity contribution is 6.74. The molecule has 6 heteroatoms. The topological polar surface area (TPSA) is 54.0 Å². The number of benzene rings is 1. The maximum absolute atomic E-state index is 12.0. The van der Waals surface area contributed by atoms with Crippen LogP contribution in [0.4, 0.5) is 0 Å². The number of esters is 1. The maximum atomic E-state index is 12.0. The van der Waals surface area contributed by atoms with Crippen molar-refractivity contribution in [2.45, 2.75) is 90.1 Å². The van der Waals surface area contributed by atoms with E-state index < -0.39 is 8.32 Å². The lowest BCUT2D eigenvalue weighted by atomic mass is 9.84. The highest BCUT2D eigenvalue weighted by Crippen LogP contribution is 2.83. The van der Waals surface area contributed by atoms with E-state index in [4.69, 9.17) is 18.6 Å². The fraction of sp³-hybridized carbons (Fsp3) is 0.750. The van der Waals surface area contributed by atoms with Gasteiger partial charge in [0.25, 0.3) is 0 Å². The van der Waals surface area contributed by atoms with Gasteiger partial charge in [-0.1, -0.05) is 32.9 Å². The summed E-state index contributed by atoms with van der Waals surface area (Å²) in [5, 5.41) is 0.199. The summed E-state index contributed by atoms with van der Waals surface area (Å²) in [5.41, 5.74) is 1.73. The minimum atomic E-state index is -1.84. The summed E-state index contributed by atoms with van der Waals surface area (Å²) in [6.07, 6.45) is 6.42. The zero-order valence-electron chi connectivity index (χ0n) is 22.2. The Kier molecular flexibility index (Phi) is 7.00. The van der Waals surface area contributed by atoms with E-state index in [0.717, 1.165) is 31.6 Å². The van der Waals surface area contributed by atoms with E-state index in [0.29, 0.717) is 36.4 Å². The molecular formula is C28H44O5Si. The van der Waals surface area contributed by atoms with Crippen LogP contribution in [-0.2, 0) is 25.3 Å². The first-order valence-electron chi connectivity index (χ1n) is 12.9. The first-order chi connectivity index (χ1) is 16.0. The zero-order chi connectivity index (χ0) is 24.8. The molecule has 3 saturated carbocycles. The molecule has 0 aromatic heterocycles. The van der Waals surface area contributed by atoms with E-state index in [1.807, 2.05) is 12.1 Å². The minimum Gasteiger partial charge on any atom is -0.497 e. The molecular weight excluding hydrogens is 444 g/mol. The molecule has 0 N–H and O–H groups in total. The lowest BCUT2D eigenvalue weighted by Gasteiger charge is -2.38. The van der Waals surface area contributed by atoms with Gasteiger partial charge in [0.15, 0.2) is 8.32 Å². The van der Waals surface area contributed by atoms with Gasteiger partial charge in [0.1, 0.15) is 5.75 Å². The van der Waals surface area contributed by atoms with Crippen molar-refractivity contribution in [2.24, 2.45) is 22.7 Å². The van der Waals surface area contributed by atoms with E-state index in [9.17, 15) is 4.79 Å². The molecule has 5 nitrogen and oxygen atoms in total. The van der Waals surface area contributed by atoms with Crippen molar-refractivity contribution in [2.75, 3.05) is 20.8 Å². The molecule has 3 aliphatic rings. The first kappa shape index (κ1) is 25.7. The molecule has 0 heterocycles. The Hall–Kier alpha value is -1.37. The highest BCUT2D eigenvalue weighted by atomic mass is 28.4. The lowest BCUT2D eigenvalue weighted by molar-refractivity contribution is -0.141. The molecule has 3 fully saturated rings. The maximum Gasteiger partial charge on any atom is 0.305 e. The third kappa shape index (κ3) is 4.46. The van der Waals surface area contributed by atoms with Gasteiger partial charge in [0.05, 0.1) is 26.9 Å². The summed E-state index contributed by atoms with van der Waals surface area (Å²) in [5.74, 6) is 1.85. The van der Waals surface area contributed by atoms with Crippen molar-refractivity contribution in [1.82, 2.24) is 0 Å². The van der Waals surface area contributed by atoms with Crippen LogP contribution >= 0.6 is 0 Å².